The molecular weight excluding hydrogens is 443 g/mol. The Balaban J connectivity index is 1.43. The maximum absolute atomic E-state index is 12.9. The minimum absolute atomic E-state index is 0.0640. The van der Waals surface area contributed by atoms with Crippen LogP contribution < -0.4 is 10.0 Å². The molecule has 28 heavy (non-hydrogen) atoms. The summed E-state index contributed by atoms with van der Waals surface area (Å²) in [5.74, 6) is -0.123. The Morgan fingerprint density at radius 3 is 2.68 bits per heavy atom. The van der Waals surface area contributed by atoms with Gasteiger partial charge in [-0.15, -0.1) is 21.5 Å². The molecule has 2 heterocycles. The number of nitrogens with zero attached hydrogens (tertiary/aromatic N) is 2. The van der Waals surface area contributed by atoms with Crippen LogP contribution in [-0.4, -0.2) is 31.1 Å². The monoisotopic (exact) mass is 458 g/mol. The first kappa shape index (κ1) is 20.9. The number of amides is 1. The zero-order chi connectivity index (χ0) is 20.0. The summed E-state index contributed by atoms with van der Waals surface area (Å²) < 4.78 is 40.1. The van der Waals surface area contributed by atoms with Crippen molar-refractivity contribution in [1.82, 2.24) is 14.9 Å². The molecule has 0 aliphatic carbocycles. The van der Waals surface area contributed by atoms with Gasteiger partial charge < -0.3 is 5.32 Å². The maximum atomic E-state index is 12.9. The average molecular weight is 459 g/mol. The molecule has 3 aromatic rings. The molecule has 3 rings (SSSR count). The van der Waals surface area contributed by atoms with Crippen molar-refractivity contribution in [2.75, 3.05) is 11.9 Å². The Morgan fingerprint density at radius 1 is 1.18 bits per heavy atom. The lowest BCUT2D eigenvalue weighted by Gasteiger charge is -2.06. The number of sulfonamides is 1. The summed E-state index contributed by atoms with van der Waals surface area (Å²) in [6.07, 6.45) is -0.0717. The van der Waals surface area contributed by atoms with Gasteiger partial charge in [-0.05, 0) is 35.7 Å². The molecule has 0 bridgehead atoms. The highest BCUT2D eigenvalue weighted by Crippen LogP contribution is 2.29. The lowest BCUT2D eigenvalue weighted by molar-refractivity contribution is -0.116. The molecular formula is C16H15FN4O3S4. The molecule has 2 N–H and O–H groups in total. The van der Waals surface area contributed by atoms with E-state index in [0.29, 0.717) is 5.13 Å². The highest BCUT2D eigenvalue weighted by atomic mass is 32.2. The van der Waals surface area contributed by atoms with Gasteiger partial charge in [-0.3, -0.25) is 4.79 Å². The third-order valence-electron chi connectivity index (χ3n) is 3.34. The Bertz CT molecular complexity index is 1020. The van der Waals surface area contributed by atoms with Gasteiger partial charge in [-0.1, -0.05) is 29.2 Å². The van der Waals surface area contributed by atoms with Gasteiger partial charge in [0.25, 0.3) is 0 Å². The number of hydrogen-bond donors (Lipinski definition) is 2. The summed E-state index contributed by atoms with van der Waals surface area (Å²) >= 11 is 4.45. The first-order valence-corrected chi connectivity index (χ1v) is 12.1. The van der Waals surface area contributed by atoms with Crippen molar-refractivity contribution in [1.29, 1.82) is 0 Å². The predicted octanol–water partition coefficient (Wildman–Crippen LogP) is 3.34. The summed E-state index contributed by atoms with van der Waals surface area (Å²) in [6, 6.07) is 8.46. The van der Waals surface area contributed by atoms with Crippen LogP contribution in [-0.2, 0) is 20.6 Å². The maximum Gasteiger partial charge on any atom is 0.240 e. The molecule has 148 valence electrons. The Morgan fingerprint density at radius 2 is 1.96 bits per heavy atom. The highest BCUT2D eigenvalue weighted by Gasteiger charge is 2.15. The summed E-state index contributed by atoms with van der Waals surface area (Å²) in [5, 5.41) is 12.9. The average Bonchev–Trinajstić information content (AvgIpc) is 3.32. The number of halogens is 1. The minimum atomic E-state index is -3.79. The molecule has 2 aromatic heterocycles. The van der Waals surface area contributed by atoms with Gasteiger partial charge in [0.1, 0.15) is 5.82 Å². The summed E-state index contributed by atoms with van der Waals surface area (Å²) in [6.45, 7) is -0.0929. The molecule has 0 aliphatic heterocycles. The topological polar surface area (TPSA) is 101 Å². The van der Waals surface area contributed by atoms with Crippen LogP contribution in [0.5, 0.6) is 0 Å². The standard InChI is InChI=1S/C16H15FN4O3S4/c17-11-3-5-13(6-4-11)28(23,24)18-8-7-14(22)19-15-20-21-16(27-15)26-10-12-2-1-9-25-12/h1-6,9,18H,7-8,10H2,(H,19,20,22). The quantitative estimate of drug-likeness (QED) is 0.377. The number of nitrogens with one attached hydrogen (secondary N) is 2. The summed E-state index contributed by atoms with van der Waals surface area (Å²) in [4.78, 5) is 13.1. The lowest BCUT2D eigenvalue weighted by Crippen LogP contribution is -2.27. The predicted molar refractivity (Wildman–Crippen MR) is 109 cm³/mol. The first-order valence-electron chi connectivity index (χ1n) is 7.96. The van der Waals surface area contributed by atoms with E-state index in [1.165, 1.54) is 28.0 Å². The fraction of sp³-hybridized carbons (Fsp3) is 0.188. The smallest absolute Gasteiger partial charge is 0.240 e. The SMILES string of the molecule is O=C(CCNS(=O)(=O)c1ccc(F)cc1)Nc1nnc(SCc2cccs2)s1. The van der Waals surface area contributed by atoms with Crippen molar-refractivity contribution < 1.29 is 17.6 Å². The third kappa shape index (κ3) is 6.07. The number of thiophene rings is 1. The van der Waals surface area contributed by atoms with Crippen molar-refractivity contribution in [2.45, 2.75) is 21.4 Å². The molecule has 1 amide bonds. The van der Waals surface area contributed by atoms with E-state index in [-0.39, 0.29) is 23.8 Å². The van der Waals surface area contributed by atoms with E-state index in [4.69, 9.17) is 0 Å². The number of anilines is 1. The van der Waals surface area contributed by atoms with Crippen LogP contribution in [0.2, 0.25) is 0 Å². The minimum Gasteiger partial charge on any atom is -0.300 e. The van der Waals surface area contributed by atoms with Crippen LogP contribution in [0.25, 0.3) is 0 Å². The lowest BCUT2D eigenvalue weighted by atomic mass is 10.4. The van der Waals surface area contributed by atoms with Crippen LogP contribution in [0.15, 0.2) is 51.0 Å². The normalized spacial score (nSPS) is 11.5. The molecule has 0 atom stereocenters. The largest absolute Gasteiger partial charge is 0.300 e. The van der Waals surface area contributed by atoms with Gasteiger partial charge in [-0.2, -0.15) is 0 Å². The number of benzene rings is 1. The molecule has 0 saturated heterocycles. The third-order valence-corrected chi connectivity index (χ3v) is 7.90. The van der Waals surface area contributed by atoms with E-state index < -0.39 is 15.8 Å². The van der Waals surface area contributed by atoms with E-state index in [1.807, 2.05) is 17.5 Å². The first-order chi connectivity index (χ1) is 13.4. The van der Waals surface area contributed by atoms with Crippen molar-refractivity contribution in [3.8, 4) is 0 Å². The second kappa shape index (κ2) is 9.56. The van der Waals surface area contributed by atoms with E-state index in [1.54, 1.807) is 11.3 Å². The van der Waals surface area contributed by atoms with E-state index >= 15 is 0 Å². The van der Waals surface area contributed by atoms with Gasteiger partial charge >= 0.3 is 0 Å². The molecule has 0 unspecified atom stereocenters. The second-order valence-electron chi connectivity index (χ2n) is 5.39. The Labute approximate surface area is 173 Å². The van der Waals surface area contributed by atoms with Crippen LogP contribution in [0.4, 0.5) is 9.52 Å². The molecule has 0 aliphatic rings. The summed E-state index contributed by atoms with van der Waals surface area (Å²) in [5.41, 5.74) is 0. The number of rotatable bonds is 9. The fourth-order valence-electron chi connectivity index (χ4n) is 2.02. The molecule has 0 spiro atoms. The molecule has 0 fully saturated rings. The van der Waals surface area contributed by atoms with E-state index in [2.05, 4.69) is 20.2 Å². The second-order valence-corrected chi connectivity index (χ2v) is 10.4. The zero-order valence-corrected chi connectivity index (χ0v) is 17.6. The van der Waals surface area contributed by atoms with Crippen LogP contribution in [0.1, 0.15) is 11.3 Å². The molecule has 12 heteroatoms. The van der Waals surface area contributed by atoms with Crippen LogP contribution >= 0.6 is 34.4 Å². The number of aromatic nitrogens is 2. The van der Waals surface area contributed by atoms with Gasteiger partial charge in [0.2, 0.25) is 21.1 Å². The molecule has 0 radical (unpaired) electrons. The van der Waals surface area contributed by atoms with Crippen molar-refractivity contribution in [2.24, 2.45) is 0 Å². The zero-order valence-electron chi connectivity index (χ0n) is 14.3. The van der Waals surface area contributed by atoms with Crippen molar-refractivity contribution in [3.05, 3.63) is 52.5 Å². The van der Waals surface area contributed by atoms with E-state index in [9.17, 15) is 17.6 Å². The number of carbonyl (C=O) groups is 1. The highest BCUT2D eigenvalue weighted by molar-refractivity contribution is 8.00. The Kier molecular flexibility index (Phi) is 7.13. The van der Waals surface area contributed by atoms with Crippen molar-refractivity contribution >= 4 is 55.5 Å². The number of hydrogen-bond acceptors (Lipinski definition) is 8. The molecule has 1 aromatic carbocycles. The van der Waals surface area contributed by atoms with Gasteiger partial charge in [0.05, 0.1) is 4.90 Å². The van der Waals surface area contributed by atoms with Crippen LogP contribution in [0, 0.1) is 5.82 Å². The summed E-state index contributed by atoms with van der Waals surface area (Å²) in [7, 11) is -3.79. The molecule has 7 nitrogen and oxygen atoms in total. The number of thioether (sulfide) groups is 1. The fourth-order valence-corrected chi connectivity index (χ4v) is 5.60. The van der Waals surface area contributed by atoms with Crippen LogP contribution in [0.3, 0.4) is 0 Å². The van der Waals surface area contributed by atoms with Crippen molar-refractivity contribution in [3.63, 3.8) is 0 Å². The number of carbonyl (C=O) groups excluding carboxylic acids is 1. The van der Waals surface area contributed by atoms with Gasteiger partial charge in [-0.25, -0.2) is 17.5 Å². The Hall–Kier alpha value is -1.86. The van der Waals surface area contributed by atoms with Gasteiger partial charge in [0.15, 0.2) is 4.34 Å². The van der Waals surface area contributed by atoms with E-state index in [0.717, 1.165) is 34.4 Å². The van der Waals surface area contributed by atoms with Gasteiger partial charge in [0, 0.05) is 23.6 Å². The molecule has 0 saturated carbocycles.